The summed E-state index contributed by atoms with van der Waals surface area (Å²) in [5, 5.41) is 7.17. The number of aromatic nitrogens is 2. The maximum Gasteiger partial charge on any atom is 0.243 e. The van der Waals surface area contributed by atoms with Crippen molar-refractivity contribution in [2.24, 2.45) is 5.92 Å². The van der Waals surface area contributed by atoms with Gasteiger partial charge in [-0.1, -0.05) is 5.16 Å². The van der Waals surface area contributed by atoms with Crippen LogP contribution in [0.4, 0.5) is 0 Å². The molecule has 7 nitrogen and oxygen atoms in total. The summed E-state index contributed by atoms with van der Waals surface area (Å²) < 4.78 is 5.26. The summed E-state index contributed by atoms with van der Waals surface area (Å²) in [6.07, 6.45) is 2.12. The molecule has 3 rings (SSSR count). The topological polar surface area (TPSA) is 74.5 Å². The predicted octanol–water partition coefficient (Wildman–Crippen LogP) is 0.583. The molecule has 2 unspecified atom stereocenters. The Balaban J connectivity index is 1.52. The number of amides is 1. The minimum absolute atomic E-state index is 0.106. The SMILES string of the molecule is Cc1noc(C(C)N2CCN(C(=O)C3CCCNC3)CC2)n1. The molecule has 2 fully saturated rings. The van der Waals surface area contributed by atoms with Gasteiger partial charge in [-0.05, 0) is 33.2 Å². The van der Waals surface area contributed by atoms with E-state index in [4.69, 9.17) is 4.52 Å². The molecule has 1 N–H and O–H groups in total. The van der Waals surface area contributed by atoms with Crippen molar-refractivity contribution in [3.8, 4) is 0 Å². The summed E-state index contributed by atoms with van der Waals surface area (Å²) >= 11 is 0. The molecule has 1 amide bonds. The Kier molecular flexibility index (Phi) is 4.73. The summed E-state index contributed by atoms with van der Waals surface area (Å²) in [6, 6.07) is 0.106. The number of aryl methyl sites for hydroxylation is 1. The maximum absolute atomic E-state index is 12.5. The van der Waals surface area contributed by atoms with E-state index in [0.717, 1.165) is 52.1 Å². The number of carbonyl (C=O) groups excluding carboxylic acids is 1. The van der Waals surface area contributed by atoms with Gasteiger partial charge < -0.3 is 14.7 Å². The van der Waals surface area contributed by atoms with Gasteiger partial charge in [-0.2, -0.15) is 4.98 Å². The highest BCUT2D eigenvalue weighted by Gasteiger charge is 2.31. The normalized spacial score (nSPS) is 25.2. The minimum atomic E-state index is 0.106. The Labute approximate surface area is 131 Å². The predicted molar refractivity (Wildman–Crippen MR) is 81.2 cm³/mol. The van der Waals surface area contributed by atoms with Crippen molar-refractivity contribution >= 4 is 5.91 Å². The van der Waals surface area contributed by atoms with Crippen LogP contribution in [0.15, 0.2) is 4.52 Å². The van der Waals surface area contributed by atoms with E-state index in [1.807, 2.05) is 11.8 Å². The van der Waals surface area contributed by atoms with Crippen molar-refractivity contribution in [3.05, 3.63) is 11.7 Å². The molecule has 1 aromatic rings. The summed E-state index contributed by atoms with van der Waals surface area (Å²) in [7, 11) is 0. The Hall–Kier alpha value is -1.47. The lowest BCUT2D eigenvalue weighted by Gasteiger charge is -2.38. The first-order chi connectivity index (χ1) is 10.6. The smallest absolute Gasteiger partial charge is 0.243 e. The van der Waals surface area contributed by atoms with E-state index in [1.54, 1.807) is 0 Å². The molecule has 3 heterocycles. The highest BCUT2D eigenvalue weighted by Crippen LogP contribution is 2.21. The average Bonchev–Trinajstić information content (AvgIpc) is 3.01. The number of nitrogens with one attached hydrogen (secondary N) is 1. The third kappa shape index (κ3) is 3.30. The number of nitrogens with zero attached hydrogens (tertiary/aromatic N) is 4. The van der Waals surface area contributed by atoms with Crippen molar-refractivity contribution in [3.63, 3.8) is 0 Å². The van der Waals surface area contributed by atoms with E-state index < -0.39 is 0 Å². The van der Waals surface area contributed by atoms with Crippen LogP contribution in [0.1, 0.15) is 37.5 Å². The first kappa shape index (κ1) is 15.4. The molecule has 2 saturated heterocycles. The molecule has 0 aromatic carbocycles. The van der Waals surface area contributed by atoms with E-state index in [0.29, 0.717) is 17.6 Å². The summed E-state index contributed by atoms with van der Waals surface area (Å²) in [6.45, 7) is 9.06. The van der Waals surface area contributed by atoms with Gasteiger partial charge in [0.25, 0.3) is 0 Å². The monoisotopic (exact) mass is 307 g/mol. The lowest BCUT2D eigenvalue weighted by atomic mass is 9.98. The van der Waals surface area contributed by atoms with Gasteiger partial charge in [0.15, 0.2) is 5.82 Å². The molecule has 0 bridgehead atoms. The highest BCUT2D eigenvalue weighted by atomic mass is 16.5. The van der Waals surface area contributed by atoms with Crippen LogP contribution in [-0.4, -0.2) is 65.1 Å². The molecule has 2 aliphatic rings. The van der Waals surface area contributed by atoms with Gasteiger partial charge in [0, 0.05) is 32.7 Å². The molecule has 122 valence electrons. The standard InChI is InChI=1S/C15H25N5O2/c1-11(14-17-12(2)18-22-14)19-6-8-20(9-7-19)15(21)13-4-3-5-16-10-13/h11,13,16H,3-10H2,1-2H3. The van der Waals surface area contributed by atoms with E-state index >= 15 is 0 Å². The van der Waals surface area contributed by atoms with Gasteiger partial charge in [-0.15, -0.1) is 0 Å². The van der Waals surface area contributed by atoms with E-state index in [2.05, 4.69) is 27.3 Å². The van der Waals surface area contributed by atoms with Crippen LogP contribution >= 0.6 is 0 Å². The van der Waals surface area contributed by atoms with Crippen LogP contribution in [0.3, 0.4) is 0 Å². The second-order valence-corrected chi connectivity index (χ2v) is 6.26. The van der Waals surface area contributed by atoms with Crippen LogP contribution in [0.5, 0.6) is 0 Å². The Morgan fingerprint density at radius 3 is 2.73 bits per heavy atom. The quantitative estimate of drug-likeness (QED) is 0.880. The third-order valence-electron chi connectivity index (χ3n) is 4.72. The zero-order valence-electron chi connectivity index (χ0n) is 13.4. The second kappa shape index (κ2) is 6.75. The lowest BCUT2D eigenvalue weighted by molar-refractivity contribution is -0.138. The van der Waals surface area contributed by atoms with Crippen molar-refractivity contribution in [1.29, 1.82) is 0 Å². The van der Waals surface area contributed by atoms with Crippen molar-refractivity contribution in [1.82, 2.24) is 25.3 Å². The van der Waals surface area contributed by atoms with E-state index in [-0.39, 0.29) is 12.0 Å². The molecular formula is C15H25N5O2. The lowest BCUT2D eigenvalue weighted by Crippen LogP contribution is -2.52. The molecule has 0 spiro atoms. The highest BCUT2D eigenvalue weighted by molar-refractivity contribution is 5.79. The summed E-state index contributed by atoms with van der Waals surface area (Å²) in [4.78, 5) is 21.1. The van der Waals surface area contributed by atoms with Crippen LogP contribution in [0.2, 0.25) is 0 Å². The fourth-order valence-electron chi connectivity index (χ4n) is 3.29. The molecule has 22 heavy (non-hydrogen) atoms. The van der Waals surface area contributed by atoms with Gasteiger partial charge >= 0.3 is 0 Å². The molecule has 2 aliphatic heterocycles. The largest absolute Gasteiger partial charge is 0.340 e. The van der Waals surface area contributed by atoms with Crippen molar-refractivity contribution in [2.45, 2.75) is 32.7 Å². The first-order valence-corrected chi connectivity index (χ1v) is 8.19. The van der Waals surface area contributed by atoms with Crippen molar-refractivity contribution < 1.29 is 9.32 Å². The molecule has 2 atom stereocenters. The molecule has 0 aliphatic carbocycles. The van der Waals surface area contributed by atoms with Gasteiger partial charge in [-0.3, -0.25) is 9.69 Å². The zero-order valence-corrected chi connectivity index (χ0v) is 13.4. The maximum atomic E-state index is 12.5. The van der Waals surface area contributed by atoms with Crippen LogP contribution in [0, 0.1) is 12.8 Å². The number of carbonyl (C=O) groups is 1. The number of hydrogen-bond acceptors (Lipinski definition) is 6. The number of rotatable bonds is 3. The molecule has 0 saturated carbocycles. The molecule has 7 heteroatoms. The van der Waals surface area contributed by atoms with Crippen LogP contribution < -0.4 is 5.32 Å². The molecular weight excluding hydrogens is 282 g/mol. The van der Waals surface area contributed by atoms with Crippen LogP contribution in [-0.2, 0) is 4.79 Å². The minimum Gasteiger partial charge on any atom is -0.340 e. The Morgan fingerprint density at radius 2 is 2.14 bits per heavy atom. The molecule has 1 aromatic heterocycles. The van der Waals surface area contributed by atoms with Crippen molar-refractivity contribution in [2.75, 3.05) is 39.3 Å². The Morgan fingerprint density at radius 1 is 1.36 bits per heavy atom. The number of piperidine rings is 1. The van der Waals surface area contributed by atoms with Gasteiger partial charge in [-0.25, -0.2) is 0 Å². The fourth-order valence-corrected chi connectivity index (χ4v) is 3.29. The number of hydrogen-bond donors (Lipinski definition) is 1. The van der Waals surface area contributed by atoms with Gasteiger partial charge in [0.2, 0.25) is 11.8 Å². The first-order valence-electron chi connectivity index (χ1n) is 8.19. The van der Waals surface area contributed by atoms with Crippen LogP contribution in [0.25, 0.3) is 0 Å². The van der Waals surface area contributed by atoms with E-state index in [9.17, 15) is 4.79 Å². The zero-order chi connectivity index (χ0) is 15.5. The molecule has 0 radical (unpaired) electrons. The summed E-state index contributed by atoms with van der Waals surface area (Å²) in [5.74, 6) is 1.80. The summed E-state index contributed by atoms with van der Waals surface area (Å²) in [5.41, 5.74) is 0. The van der Waals surface area contributed by atoms with Gasteiger partial charge in [0.1, 0.15) is 0 Å². The average molecular weight is 307 g/mol. The van der Waals surface area contributed by atoms with Gasteiger partial charge in [0.05, 0.1) is 12.0 Å². The third-order valence-corrected chi connectivity index (χ3v) is 4.72. The van der Waals surface area contributed by atoms with E-state index in [1.165, 1.54) is 0 Å². The second-order valence-electron chi connectivity index (χ2n) is 6.26. The Bertz CT molecular complexity index is 504. The fraction of sp³-hybridized carbons (Fsp3) is 0.800. The number of piperazine rings is 1.